The maximum absolute atomic E-state index is 12.2. The van der Waals surface area contributed by atoms with Crippen LogP contribution in [0, 0.1) is 0 Å². The van der Waals surface area contributed by atoms with E-state index in [1.54, 1.807) is 38.8 Å². The fraction of sp³-hybridized carbons (Fsp3) is 0.294. The van der Waals surface area contributed by atoms with Gasteiger partial charge in [-0.1, -0.05) is 6.07 Å². The van der Waals surface area contributed by atoms with Gasteiger partial charge in [0.15, 0.2) is 11.5 Å². The molecule has 0 aliphatic carbocycles. The monoisotopic (exact) mass is 396 g/mol. The molecule has 1 aromatic carbocycles. The Labute approximate surface area is 155 Å². The third-order valence-electron chi connectivity index (χ3n) is 4.00. The van der Waals surface area contributed by atoms with Crippen LogP contribution in [-0.2, 0) is 16.4 Å². The summed E-state index contributed by atoms with van der Waals surface area (Å²) in [5.74, 6) is 1.62. The zero-order valence-electron chi connectivity index (χ0n) is 14.7. The number of rotatable bonds is 8. The zero-order chi connectivity index (χ0) is 18.7. The van der Waals surface area contributed by atoms with Crippen molar-refractivity contribution in [1.29, 1.82) is 0 Å². The zero-order valence-corrected chi connectivity index (χ0v) is 16.3. The van der Waals surface area contributed by atoms with Gasteiger partial charge in [0.25, 0.3) is 0 Å². The molecule has 0 saturated carbocycles. The molecule has 0 bridgehead atoms. The predicted octanol–water partition coefficient (Wildman–Crippen LogP) is 2.78. The molecule has 3 rings (SSSR count). The lowest BCUT2D eigenvalue weighted by Gasteiger charge is -2.14. The quantitative estimate of drug-likeness (QED) is 0.611. The summed E-state index contributed by atoms with van der Waals surface area (Å²) in [6, 6.07) is 5.12. The Morgan fingerprint density at radius 2 is 1.92 bits per heavy atom. The first-order chi connectivity index (χ1) is 12.5. The van der Waals surface area contributed by atoms with Gasteiger partial charge in [0.2, 0.25) is 15.8 Å². The summed E-state index contributed by atoms with van der Waals surface area (Å²) in [6.07, 6.45) is 2.34. The summed E-state index contributed by atoms with van der Waals surface area (Å²) >= 11 is 1.19. The van der Waals surface area contributed by atoms with Crippen LogP contribution in [0.5, 0.6) is 17.2 Å². The van der Waals surface area contributed by atoms with Gasteiger partial charge in [-0.3, -0.25) is 0 Å². The van der Waals surface area contributed by atoms with E-state index in [0.29, 0.717) is 27.9 Å². The highest BCUT2D eigenvalue weighted by atomic mass is 32.2. The van der Waals surface area contributed by atoms with Crippen molar-refractivity contribution in [2.24, 2.45) is 0 Å². The predicted molar refractivity (Wildman–Crippen MR) is 101 cm³/mol. The second-order valence-electron chi connectivity index (χ2n) is 5.46. The van der Waals surface area contributed by atoms with Crippen LogP contribution in [0.4, 0.5) is 0 Å². The normalized spacial score (nSPS) is 11.7. The lowest BCUT2D eigenvalue weighted by molar-refractivity contribution is 0.327. The minimum atomic E-state index is -3.48. The van der Waals surface area contributed by atoms with Crippen LogP contribution in [0.2, 0.25) is 0 Å². The molecule has 0 fully saturated rings. The molecule has 9 heteroatoms. The molecule has 0 aliphatic heterocycles. The Morgan fingerprint density at radius 1 is 1.15 bits per heavy atom. The Bertz CT molecular complexity index is 994. The van der Waals surface area contributed by atoms with Crippen molar-refractivity contribution in [2.75, 3.05) is 27.9 Å². The van der Waals surface area contributed by atoms with E-state index in [4.69, 9.17) is 14.2 Å². The van der Waals surface area contributed by atoms with Crippen molar-refractivity contribution < 1.29 is 22.6 Å². The van der Waals surface area contributed by atoms with Crippen molar-refractivity contribution in [3.05, 3.63) is 35.3 Å². The van der Waals surface area contributed by atoms with Gasteiger partial charge in [0.05, 0.1) is 26.8 Å². The number of hydrogen-bond donors (Lipinski definition) is 2. The van der Waals surface area contributed by atoms with E-state index in [1.807, 2.05) is 12.3 Å². The van der Waals surface area contributed by atoms with Gasteiger partial charge >= 0.3 is 0 Å². The highest BCUT2D eigenvalue weighted by Crippen LogP contribution is 2.44. The van der Waals surface area contributed by atoms with Crippen LogP contribution in [0.25, 0.3) is 10.9 Å². The largest absolute Gasteiger partial charge is 0.493 e. The van der Waals surface area contributed by atoms with Crippen molar-refractivity contribution in [1.82, 2.24) is 9.71 Å². The lowest BCUT2D eigenvalue weighted by atomic mass is 10.1. The van der Waals surface area contributed by atoms with E-state index >= 15 is 0 Å². The van der Waals surface area contributed by atoms with Crippen molar-refractivity contribution >= 4 is 32.3 Å². The van der Waals surface area contributed by atoms with Crippen LogP contribution in [-0.4, -0.2) is 41.3 Å². The molecule has 2 N–H and O–H groups in total. The van der Waals surface area contributed by atoms with E-state index in [1.165, 1.54) is 11.3 Å². The molecule has 0 saturated heterocycles. The third kappa shape index (κ3) is 3.37. The fourth-order valence-electron chi connectivity index (χ4n) is 2.83. The van der Waals surface area contributed by atoms with Crippen molar-refractivity contribution in [3.63, 3.8) is 0 Å². The fourth-order valence-corrected chi connectivity index (χ4v) is 4.90. The van der Waals surface area contributed by atoms with E-state index in [9.17, 15) is 8.42 Å². The average Bonchev–Trinajstić information content (AvgIpc) is 3.30. The van der Waals surface area contributed by atoms with Crippen molar-refractivity contribution in [2.45, 2.75) is 10.6 Å². The van der Waals surface area contributed by atoms with Gasteiger partial charge in [-0.25, -0.2) is 13.1 Å². The summed E-state index contributed by atoms with van der Waals surface area (Å²) in [7, 11) is 1.19. The number of methoxy groups -OCH3 is 3. The number of nitrogens with one attached hydrogen (secondary N) is 2. The van der Waals surface area contributed by atoms with Gasteiger partial charge < -0.3 is 19.2 Å². The highest BCUT2D eigenvalue weighted by Gasteiger charge is 2.20. The molecule has 0 unspecified atom stereocenters. The Hall–Kier alpha value is -2.23. The number of fused-ring (bicyclic) bond motifs is 1. The van der Waals surface area contributed by atoms with E-state index in [-0.39, 0.29) is 6.54 Å². The molecule has 26 heavy (non-hydrogen) atoms. The van der Waals surface area contributed by atoms with Crippen molar-refractivity contribution in [3.8, 4) is 17.2 Å². The van der Waals surface area contributed by atoms with Crippen LogP contribution in [0.1, 0.15) is 5.56 Å². The molecule has 0 aliphatic rings. The van der Waals surface area contributed by atoms with Gasteiger partial charge in [-0.05, 0) is 23.4 Å². The number of H-pyrrole nitrogens is 1. The average molecular weight is 396 g/mol. The van der Waals surface area contributed by atoms with Gasteiger partial charge in [-0.15, -0.1) is 11.3 Å². The summed E-state index contributed by atoms with van der Waals surface area (Å²) in [5.41, 5.74) is 1.75. The number of sulfonamides is 1. The minimum Gasteiger partial charge on any atom is -0.493 e. The molecule has 0 spiro atoms. The second kappa shape index (κ2) is 7.56. The smallest absolute Gasteiger partial charge is 0.250 e. The summed E-state index contributed by atoms with van der Waals surface area (Å²) < 4.78 is 43.7. The molecular weight excluding hydrogens is 376 g/mol. The van der Waals surface area contributed by atoms with Gasteiger partial charge in [0, 0.05) is 24.2 Å². The Morgan fingerprint density at radius 3 is 2.54 bits per heavy atom. The maximum Gasteiger partial charge on any atom is 0.250 e. The molecule has 0 radical (unpaired) electrons. The molecule has 2 heterocycles. The summed E-state index contributed by atoms with van der Waals surface area (Å²) in [4.78, 5) is 3.17. The number of benzene rings is 1. The molecule has 7 nitrogen and oxygen atoms in total. The Balaban J connectivity index is 1.87. The lowest BCUT2D eigenvalue weighted by Crippen LogP contribution is -2.25. The maximum atomic E-state index is 12.2. The number of aromatic nitrogens is 1. The van der Waals surface area contributed by atoms with Crippen LogP contribution in [0.3, 0.4) is 0 Å². The van der Waals surface area contributed by atoms with Crippen LogP contribution < -0.4 is 18.9 Å². The van der Waals surface area contributed by atoms with E-state index < -0.39 is 10.0 Å². The highest BCUT2D eigenvalue weighted by molar-refractivity contribution is 7.91. The van der Waals surface area contributed by atoms with E-state index in [2.05, 4.69) is 9.71 Å². The molecule has 0 amide bonds. The number of ether oxygens (including phenoxy) is 3. The second-order valence-corrected chi connectivity index (χ2v) is 8.40. The van der Waals surface area contributed by atoms with Crippen LogP contribution >= 0.6 is 11.3 Å². The first-order valence-corrected chi connectivity index (χ1v) is 10.2. The number of aromatic amines is 1. The van der Waals surface area contributed by atoms with Crippen LogP contribution in [0.15, 0.2) is 34.0 Å². The standard InChI is InChI=1S/C17H20N2O5S2/c1-22-13-9-12-15(17(24-3)16(13)23-2)11(10-18-12)6-7-19-26(20,21)14-5-4-8-25-14/h4-5,8-10,18-19H,6-7H2,1-3H3. The number of thiophene rings is 1. The molecule has 2 aromatic heterocycles. The molecule has 140 valence electrons. The first kappa shape index (κ1) is 18.6. The molecular formula is C17H20N2O5S2. The first-order valence-electron chi connectivity index (χ1n) is 7.84. The van der Waals surface area contributed by atoms with Gasteiger partial charge in [0.1, 0.15) is 4.21 Å². The molecule has 3 aromatic rings. The Kier molecular flexibility index (Phi) is 5.40. The minimum absolute atomic E-state index is 0.269. The summed E-state index contributed by atoms with van der Waals surface area (Å²) in [5, 5.41) is 2.58. The molecule has 0 atom stereocenters. The summed E-state index contributed by atoms with van der Waals surface area (Å²) in [6.45, 7) is 0.269. The third-order valence-corrected chi connectivity index (χ3v) is 6.86. The topological polar surface area (TPSA) is 89.7 Å². The SMILES string of the molecule is COc1cc2[nH]cc(CCNS(=O)(=O)c3cccs3)c2c(OC)c1OC. The van der Waals surface area contributed by atoms with E-state index in [0.717, 1.165) is 16.5 Å². The number of hydrogen-bond acceptors (Lipinski definition) is 6. The van der Waals surface area contributed by atoms with Gasteiger partial charge in [-0.2, -0.15) is 0 Å².